The van der Waals surface area contributed by atoms with Gasteiger partial charge in [-0.3, -0.25) is 9.59 Å². The number of hydrogen-bond acceptors (Lipinski definition) is 7. The Kier molecular flexibility index (Phi) is 12.7. The van der Waals surface area contributed by atoms with Crippen molar-refractivity contribution in [3.05, 3.63) is 34.9 Å². The number of aliphatic hydroxyl groups is 1. The van der Waals surface area contributed by atoms with Crippen LogP contribution in [-0.4, -0.2) is 71.7 Å². The van der Waals surface area contributed by atoms with Crippen LogP contribution >= 0.6 is 24.2 Å². The van der Waals surface area contributed by atoms with Gasteiger partial charge in [-0.1, -0.05) is 51.4 Å². The van der Waals surface area contributed by atoms with E-state index in [0.717, 1.165) is 13.5 Å². The first-order chi connectivity index (χ1) is 17.2. The highest BCUT2D eigenvalue weighted by molar-refractivity contribution is 7.80. The number of piperidine rings is 1. The minimum absolute atomic E-state index is 0.121. The van der Waals surface area contributed by atoms with Crippen molar-refractivity contribution in [1.29, 1.82) is 0 Å². The number of nitrogens with one attached hydrogen (secondary N) is 2. The number of urea groups is 1. The summed E-state index contributed by atoms with van der Waals surface area (Å²) in [7, 11) is 1.00. The predicted molar refractivity (Wildman–Crippen MR) is 150 cm³/mol. The Morgan fingerprint density at radius 2 is 1.81 bits per heavy atom. The fourth-order valence-corrected chi connectivity index (χ4v) is 4.72. The molecule has 210 valence electrons. The molecule has 0 spiro atoms. The van der Waals surface area contributed by atoms with Crippen LogP contribution in [0.3, 0.4) is 0 Å². The maximum Gasteiger partial charge on any atom is 0.325 e. The molecular formula is C26H43ClN4O5S. The lowest BCUT2D eigenvalue weighted by atomic mass is 9.70. The molecule has 0 aliphatic carbocycles. The van der Waals surface area contributed by atoms with E-state index >= 15 is 0 Å². The molecule has 3 atom stereocenters. The number of ether oxygens (including phenoxy) is 1. The first-order valence-corrected chi connectivity index (χ1v) is 13.3. The Morgan fingerprint density at radius 3 is 2.30 bits per heavy atom. The quantitative estimate of drug-likeness (QED) is 0.189. The fourth-order valence-electron chi connectivity index (χ4n) is 4.45. The van der Waals surface area contributed by atoms with E-state index in [4.69, 9.17) is 27.2 Å². The standard InChI is InChI=1S/C25H39ClN4O4S.CH4O/c1-15(2)20(28-23(33)29-25(5,6)34-22(32)19(27)13-35)21(31)30-12-11-18(24(3,4)14-30)16-7-9-17(26)10-8-16;1-2/h7-10,15,18-20,35H,11-14,27H2,1-6H3,(H2,28,29,33);2H,1H3. The number of likely N-dealkylation sites (tertiary alicyclic amines) is 1. The third-order valence-electron chi connectivity index (χ3n) is 6.30. The molecule has 2 rings (SSSR count). The maximum atomic E-state index is 13.5. The van der Waals surface area contributed by atoms with Crippen molar-refractivity contribution < 1.29 is 24.2 Å². The molecule has 0 aromatic heterocycles. The Hall–Kier alpha value is -2.01. The molecule has 0 radical (unpaired) electrons. The molecule has 11 heteroatoms. The normalized spacial score (nSPS) is 18.7. The molecule has 9 nitrogen and oxygen atoms in total. The minimum Gasteiger partial charge on any atom is -0.438 e. The molecule has 1 heterocycles. The number of rotatable bonds is 8. The smallest absolute Gasteiger partial charge is 0.325 e. The second kappa shape index (κ2) is 14.2. The van der Waals surface area contributed by atoms with E-state index < -0.39 is 29.8 Å². The fraction of sp³-hybridized carbons (Fsp3) is 0.654. The Morgan fingerprint density at radius 1 is 1.24 bits per heavy atom. The third-order valence-corrected chi connectivity index (χ3v) is 6.95. The highest BCUT2D eigenvalue weighted by atomic mass is 35.5. The van der Waals surface area contributed by atoms with Gasteiger partial charge in [0, 0.05) is 31.0 Å². The van der Waals surface area contributed by atoms with Crippen LogP contribution in [0.1, 0.15) is 59.4 Å². The maximum absolute atomic E-state index is 13.5. The lowest BCUT2D eigenvalue weighted by molar-refractivity contribution is -0.159. The van der Waals surface area contributed by atoms with Gasteiger partial charge in [0.2, 0.25) is 5.91 Å². The number of amides is 3. The molecule has 1 aromatic rings. The lowest BCUT2D eigenvalue weighted by Crippen LogP contribution is -2.59. The molecule has 1 aromatic carbocycles. The zero-order valence-corrected chi connectivity index (χ0v) is 24.5. The van der Waals surface area contributed by atoms with Gasteiger partial charge in [0.15, 0.2) is 5.72 Å². The van der Waals surface area contributed by atoms with Gasteiger partial charge < -0.3 is 31.1 Å². The minimum atomic E-state index is -1.31. The number of halogens is 1. The second-order valence-corrected chi connectivity index (χ2v) is 11.5. The van der Waals surface area contributed by atoms with Gasteiger partial charge >= 0.3 is 12.0 Å². The van der Waals surface area contributed by atoms with E-state index in [1.807, 2.05) is 43.0 Å². The van der Waals surface area contributed by atoms with Crippen molar-refractivity contribution >= 4 is 42.1 Å². The summed E-state index contributed by atoms with van der Waals surface area (Å²) in [6, 6.07) is 5.65. The van der Waals surface area contributed by atoms with Crippen LogP contribution in [0.5, 0.6) is 0 Å². The number of benzene rings is 1. The van der Waals surface area contributed by atoms with Crippen LogP contribution in [0.25, 0.3) is 0 Å². The highest BCUT2D eigenvalue weighted by Crippen LogP contribution is 2.42. The van der Waals surface area contributed by atoms with Crippen LogP contribution in [0.15, 0.2) is 24.3 Å². The van der Waals surface area contributed by atoms with Gasteiger partial charge in [0.1, 0.15) is 12.1 Å². The highest BCUT2D eigenvalue weighted by Gasteiger charge is 2.41. The summed E-state index contributed by atoms with van der Waals surface area (Å²) in [6.07, 6.45) is 0.811. The van der Waals surface area contributed by atoms with E-state index in [0.29, 0.717) is 18.1 Å². The van der Waals surface area contributed by atoms with Crippen molar-refractivity contribution in [1.82, 2.24) is 15.5 Å². The number of nitrogens with two attached hydrogens (primary N) is 1. The molecule has 37 heavy (non-hydrogen) atoms. The lowest BCUT2D eigenvalue weighted by Gasteiger charge is -2.45. The van der Waals surface area contributed by atoms with E-state index in [2.05, 4.69) is 37.1 Å². The van der Waals surface area contributed by atoms with Crippen molar-refractivity contribution in [2.75, 3.05) is 26.0 Å². The Bertz CT molecular complexity index is 911. The predicted octanol–water partition coefficient (Wildman–Crippen LogP) is 3.15. The summed E-state index contributed by atoms with van der Waals surface area (Å²) >= 11 is 10.0. The SMILES string of the molecule is CC(C)C(NC(=O)NC(C)(C)OC(=O)C(N)CS)C(=O)N1CCC(c2ccc(Cl)cc2)C(C)(C)C1.CO. The van der Waals surface area contributed by atoms with Crippen LogP contribution in [0.4, 0.5) is 4.79 Å². The number of esters is 1. The van der Waals surface area contributed by atoms with Crippen LogP contribution in [-0.2, 0) is 14.3 Å². The molecule has 3 amide bonds. The van der Waals surface area contributed by atoms with Gasteiger partial charge in [-0.25, -0.2) is 4.79 Å². The average Bonchev–Trinajstić information content (AvgIpc) is 2.82. The number of aliphatic hydroxyl groups excluding tert-OH is 1. The molecule has 1 aliphatic rings. The van der Waals surface area contributed by atoms with E-state index in [1.54, 1.807) is 0 Å². The Labute approximate surface area is 231 Å². The van der Waals surface area contributed by atoms with E-state index in [1.165, 1.54) is 19.4 Å². The molecule has 3 unspecified atom stereocenters. The number of thiol groups is 1. The third kappa shape index (κ3) is 9.67. The van der Waals surface area contributed by atoms with Gasteiger partial charge in [0.25, 0.3) is 0 Å². The molecule has 1 saturated heterocycles. The molecular weight excluding hydrogens is 516 g/mol. The van der Waals surface area contributed by atoms with E-state index in [-0.39, 0.29) is 28.9 Å². The van der Waals surface area contributed by atoms with Gasteiger partial charge in [-0.2, -0.15) is 12.6 Å². The summed E-state index contributed by atoms with van der Waals surface area (Å²) in [4.78, 5) is 40.0. The van der Waals surface area contributed by atoms with E-state index in [9.17, 15) is 14.4 Å². The summed E-state index contributed by atoms with van der Waals surface area (Å²) in [6.45, 7) is 12.3. The molecule has 0 saturated carbocycles. The van der Waals surface area contributed by atoms with Crippen molar-refractivity contribution in [2.24, 2.45) is 17.1 Å². The van der Waals surface area contributed by atoms with Gasteiger partial charge in [0.05, 0.1) is 0 Å². The summed E-state index contributed by atoms with van der Waals surface area (Å²) in [5.41, 5.74) is 5.37. The molecule has 5 N–H and O–H groups in total. The van der Waals surface area contributed by atoms with Crippen molar-refractivity contribution in [3.8, 4) is 0 Å². The second-order valence-electron chi connectivity index (χ2n) is 10.7. The largest absolute Gasteiger partial charge is 0.438 e. The summed E-state index contributed by atoms with van der Waals surface area (Å²) < 4.78 is 5.28. The monoisotopic (exact) mass is 558 g/mol. The average molecular weight is 559 g/mol. The first-order valence-electron chi connectivity index (χ1n) is 12.3. The molecule has 1 fully saturated rings. The molecule has 1 aliphatic heterocycles. The number of carbonyl (C=O) groups is 3. The first kappa shape index (κ1) is 33.0. The number of nitrogens with zero attached hydrogens (tertiary/aromatic N) is 1. The van der Waals surface area contributed by atoms with Crippen molar-refractivity contribution in [2.45, 2.75) is 71.7 Å². The Balaban J connectivity index is 0.00000334. The summed E-state index contributed by atoms with van der Waals surface area (Å²) in [5, 5.41) is 13.1. The number of carbonyl (C=O) groups excluding carboxylic acids is 3. The van der Waals surface area contributed by atoms with Gasteiger partial charge in [-0.05, 0) is 55.2 Å². The summed E-state index contributed by atoms with van der Waals surface area (Å²) in [5.74, 6) is -0.543. The molecule has 0 bridgehead atoms. The van der Waals surface area contributed by atoms with Crippen LogP contribution in [0.2, 0.25) is 5.02 Å². The van der Waals surface area contributed by atoms with Crippen LogP contribution in [0, 0.1) is 11.3 Å². The van der Waals surface area contributed by atoms with Crippen molar-refractivity contribution in [3.63, 3.8) is 0 Å². The van der Waals surface area contributed by atoms with Crippen LogP contribution < -0.4 is 16.4 Å². The zero-order valence-electron chi connectivity index (χ0n) is 22.9. The van der Waals surface area contributed by atoms with Gasteiger partial charge in [-0.15, -0.1) is 0 Å². The topological polar surface area (TPSA) is 134 Å². The number of hydrogen-bond donors (Lipinski definition) is 5. The zero-order chi connectivity index (χ0) is 28.6.